The molecule has 0 aromatic carbocycles. The van der Waals surface area contributed by atoms with Crippen molar-refractivity contribution in [2.75, 3.05) is 6.61 Å². The number of hydrogen-bond donors (Lipinski definition) is 3. The average molecular weight is 243 g/mol. The lowest BCUT2D eigenvalue weighted by molar-refractivity contribution is -0.142. The number of hydrogen-bond acceptors (Lipinski definition) is 6. The third kappa shape index (κ3) is 4.19. The number of amides is 1. The van der Waals surface area contributed by atoms with Crippen LogP contribution in [0.25, 0.3) is 0 Å². The zero-order chi connectivity index (χ0) is 12.8. The number of aliphatic hydroxyl groups excluding tert-OH is 1. The van der Waals surface area contributed by atoms with Gasteiger partial charge in [-0.3, -0.25) is 4.79 Å². The quantitative estimate of drug-likeness (QED) is 0.577. The molecule has 0 aliphatic rings. The number of nitrogens with zero attached hydrogens (tertiary/aromatic N) is 2. The van der Waals surface area contributed by atoms with Crippen LogP contribution >= 0.6 is 0 Å². The Morgan fingerprint density at radius 3 is 2.71 bits per heavy atom. The standard InChI is InChI=1S/C9H13N3O5/c1-5-10-8(17-12-5)3-2-7(14)11-6(4-13)9(15)16/h6,13H,2-4H2,1H3,(H,11,14)(H,15,16)/t6-/m0/s1. The summed E-state index contributed by atoms with van der Waals surface area (Å²) in [5, 5.41) is 23.0. The highest BCUT2D eigenvalue weighted by Gasteiger charge is 2.18. The van der Waals surface area contributed by atoms with Gasteiger partial charge in [-0.2, -0.15) is 4.98 Å². The van der Waals surface area contributed by atoms with Crippen molar-refractivity contribution >= 4 is 11.9 Å². The maximum atomic E-state index is 11.3. The molecule has 1 atom stereocenters. The molecular weight excluding hydrogens is 230 g/mol. The van der Waals surface area contributed by atoms with Crippen molar-refractivity contribution in [1.29, 1.82) is 0 Å². The Labute approximate surface area is 96.6 Å². The van der Waals surface area contributed by atoms with Crippen LogP contribution in [0.1, 0.15) is 18.1 Å². The van der Waals surface area contributed by atoms with Gasteiger partial charge in [0, 0.05) is 12.8 Å². The van der Waals surface area contributed by atoms with Gasteiger partial charge in [0.2, 0.25) is 11.8 Å². The van der Waals surface area contributed by atoms with Crippen LogP contribution in [0, 0.1) is 6.92 Å². The normalized spacial score (nSPS) is 12.1. The molecule has 0 unspecified atom stereocenters. The molecule has 1 aromatic heterocycles. The minimum atomic E-state index is -1.29. The number of carboxylic acids is 1. The van der Waals surface area contributed by atoms with Gasteiger partial charge in [-0.15, -0.1) is 0 Å². The molecule has 0 saturated carbocycles. The first-order valence-corrected chi connectivity index (χ1v) is 4.95. The smallest absolute Gasteiger partial charge is 0.328 e. The van der Waals surface area contributed by atoms with E-state index < -0.39 is 24.5 Å². The summed E-state index contributed by atoms with van der Waals surface area (Å²) in [5.41, 5.74) is 0. The molecule has 0 aliphatic carbocycles. The van der Waals surface area contributed by atoms with Crippen molar-refractivity contribution in [2.45, 2.75) is 25.8 Å². The Hall–Kier alpha value is -1.96. The number of aryl methyl sites for hydroxylation is 2. The number of aliphatic carboxylic acids is 1. The molecule has 0 saturated heterocycles. The lowest BCUT2D eigenvalue weighted by Gasteiger charge is -2.10. The Morgan fingerprint density at radius 1 is 1.53 bits per heavy atom. The monoisotopic (exact) mass is 243 g/mol. The number of rotatable bonds is 6. The maximum absolute atomic E-state index is 11.3. The third-order valence-corrected chi connectivity index (χ3v) is 1.95. The summed E-state index contributed by atoms with van der Waals surface area (Å²) >= 11 is 0. The maximum Gasteiger partial charge on any atom is 0.328 e. The molecule has 8 heteroatoms. The fourth-order valence-corrected chi connectivity index (χ4v) is 1.11. The van der Waals surface area contributed by atoms with E-state index >= 15 is 0 Å². The number of carbonyl (C=O) groups excluding carboxylic acids is 1. The molecule has 1 amide bonds. The molecular formula is C9H13N3O5. The predicted molar refractivity (Wildman–Crippen MR) is 54.0 cm³/mol. The first-order valence-electron chi connectivity index (χ1n) is 4.95. The van der Waals surface area contributed by atoms with Crippen LogP contribution in [0.4, 0.5) is 0 Å². The van der Waals surface area contributed by atoms with Crippen molar-refractivity contribution in [3.8, 4) is 0 Å². The molecule has 0 spiro atoms. The van der Waals surface area contributed by atoms with E-state index in [1.165, 1.54) is 0 Å². The lowest BCUT2D eigenvalue weighted by atomic mass is 10.2. The summed E-state index contributed by atoms with van der Waals surface area (Å²) in [6, 6.07) is -1.29. The highest BCUT2D eigenvalue weighted by atomic mass is 16.5. The van der Waals surface area contributed by atoms with E-state index in [4.69, 9.17) is 14.7 Å². The molecule has 1 rings (SSSR count). The van der Waals surface area contributed by atoms with Crippen LogP contribution in [0.5, 0.6) is 0 Å². The molecule has 8 nitrogen and oxygen atoms in total. The Balaban J connectivity index is 2.37. The Bertz CT molecular complexity index is 403. The van der Waals surface area contributed by atoms with Crippen LogP contribution in [-0.2, 0) is 16.0 Å². The van der Waals surface area contributed by atoms with Gasteiger partial charge >= 0.3 is 5.97 Å². The molecule has 0 fully saturated rings. The van der Waals surface area contributed by atoms with Crippen molar-refractivity contribution in [3.63, 3.8) is 0 Å². The highest BCUT2D eigenvalue weighted by Crippen LogP contribution is 2.00. The number of carbonyl (C=O) groups is 2. The molecule has 0 radical (unpaired) electrons. The van der Waals surface area contributed by atoms with Crippen LogP contribution in [0.2, 0.25) is 0 Å². The van der Waals surface area contributed by atoms with E-state index in [0.717, 1.165) is 0 Å². The van der Waals surface area contributed by atoms with Gasteiger partial charge in [-0.25, -0.2) is 4.79 Å². The average Bonchev–Trinajstić information content (AvgIpc) is 2.68. The first kappa shape index (κ1) is 13.1. The topological polar surface area (TPSA) is 126 Å². The molecule has 94 valence electrons. The van der Waals surface area contributed by atoms with Crippen molar-refractivity contribution in [3.05, 3.63) is 11.7 Å². The van der Waals surface area contributed by atoms with E-state index in [1.54, 1.807) is 6.92 Å². The van der Waals surface area contributed by atoms with Gasteiger partial charge < -0.3 is 20.1 Å². The number of aliphatic hydroxyl groups is 1. The van der Waals surface area contributed by atoms with Gasteiger partial charge in [-0.1, -0.05) is 5.16 Å². The largest absolute Gasteiger partial charge is 0.480 e. The molecule has 1 heterocycles. The fraction of sp³-hybridized carbons (Fsp3) is 0.556. The number of carboxylic acid groups (broad SMARTS) is 1. The van der Waals surface area contributed by atoms with E-state index in [-0.39, 0.29) is 12.8 Å². The number of aromatic nitrogens is 2. The van der Waals surface area contributed by atoms with E-state index in [0.29, 0.717) is 11.7 Å². The van der Waals surface area contributed by atoms with Crippen LogP contribution in [-0.4, -0.2) is 44.9 Å². The van der Waals surface area contributed by atoms with Gasteiger partial charge in [0.1, 0.15) is 6.04 Å². The zero-order valence-electron chi connectivity index (χ0n) is 9.21. The fourth-order valence-electron chi connectivity index (χ4n) is 1.11. The second-order valence-corrected chi connectivity index (χ2v) is 3.38. The van der Waals surface area contributed by atoms with E-state index in [2.05, 4.69) is 15.5 Å². The SMILES string of the molecule is Cc1noc(CCC(=O)N[C@@H](CO)C(=O)O)n1. The minimum absolute atomic E-state index is 0.0193. The summed E-state index contributed by atoms with van der Waals surface area (Å²) in [7, 11) is 0. The molecule has 0 bridgehead atoms. The summed E-state index contributed by atoms with van der Waals surface area (Å²) < 4.78 is 4.79. The van der Waals surface area contributed by atoms with Crippen molar-refractivity contribution in [2.24, 2.45) is 0 Å². The van der Waals surface area contributed by atoms with Crippen molar-refractivity contribution in [1.82, 2.24) is 15.5 Å². The highest BCUT2D eigenvalue weighted by molar-refractivity contribution is 5.83. The first-order chi connectivity index (χ1) is 8.02. The van der Waals surface area contributed by atoms with Crippen LogP contribution < -0.4 is 5.32 Å². The van der Waals surface area contributed by atoms with E-state index in [1.807, 2.05) is 0 Å². The Morgan fingerprint density at radius 2 is 2.24 bits per heavy atom. The van der Waals surface area contributed by atoms with Crippen LogP contribution in [0.3, 0.4) is 0 Å². The van der Waals surface area contributed by atoms with Gasteiger partial charge in [0.15, 0.2) is 5.82 Å². The minimum Gasteiger partial charge on any atom is -0.480 e. The molecule has 1 aromatic rings. The lowest BCUT2D eigenvalue weighted by Crippen LogP contribution is -2.43. The summed E-state index contributed by atoms with van der Waals surface area (Å²) in [6.07, 6.45) is 0.246. The summed E-state index contributed by atoms with van der Waals surface area (Å²) in [6.45, 7) is 1.00. The van der Waals surface area contributed by atoms with E-state index in [9.17, 15) is 9.59 Å². The van der Waals surface area contributed by atoms with Crippen molar-refractivity contribution < 1.29 is 24.3 Å². The number of nitrogens with one attached hydrogen (secondary N) is 1. The summed E-state index contributed by atoms with van der Waals surface area (Å²) in [4.78, 5) is 25.7. The summed E-state index contributed by atoms with van der Waals surface area (Å²) in [5.74, 6) is -0.996. The van der Waals surface area contributed by atoms with Crippen LogP contribution in [0.15, 0.2) is 4.52 Å². The Kier molecular flexibility index (Phi) is 4.58. The second-order valence-electron chi connectivity index (χ2n) is 3.38. The molecule has 17 heavy (non-hydrogen) atoms. The predicted octanol–water partition coefficient (Wildman–Crippen LogP) is -1.13. The molecule has 3 N–H and O–H groups in total. The van der Waals surface area contributed by atoms with Gasteiger partial charge in [0.05, 0.1) is 6.61 Å². The van der Waals surface area contributed by atoms with Gasteiger partial charge in [-0.05, 0) is 6.92 Å². The molecule has 0 aliphatic heterocycles. The second kappa shape index (κ2) is 5.94. The zero-order valence-corrected chi connectivity index (χ0v) is 9.21. The van der Waals surface area contributed by atoms with Gasteiger partial charge in [0.25, 0.3) is 0 Å². The third-order valence-electron chi connectivity index (χ3n) is 1.95.